The summed E-state index contributed by atoms with van der Waals surface area (Å²) in [5.41, 5.74) is 1.72. The van der Waals surface area contributed by atoms with Crippen LogP contribution in [0.2, 0.25) is 0 Å². The second kappa shape index (κ2) is 7.92. The lowest BCUT2D eigenvalue weighted by molar-refractivity contribution is -0.129. The average molecular weight is 380 g/mol. The third kappa shape index (κ3) is 3.81. The molecule has 0 bridgehead atoms. The molecule has 6 nitrogen and oxygen atoms in total. The molecule has 6 heteroatoms. The molecular formula is C22H24N2O4. The topological polar surface area (TPSA) is 67.9 Å². The van der Waals surface area contributed by atoms with Crippen molar-refractivity contribution in [3.05, 3.63) is 54.1 Å². The summed E-state index contributed by atoms with van der Waals surface area (Å²) in [5.74, 6) is 0.821. The number of likely N-dealkylation sites (tertiary alicyclic amines) is 1. The number of carbonyl (C=O) groups is 2. The largest absolute Gasteiger partial charge is 0.490 e. The first-order valence-corrected chi connectivity index (χ1v) is 9.67. The molecule has 2 amide bonds. The van der Waals surface area contributed by atoms with Crippen molar-refractivity contribution in [2.75, 3.05) is 25.1 Å². The molecule has 2 atom stereocenters. The first kappa shape index (κ1) is 18.3. The Bertz CT molecular complexity index is 868. The minimum absolute atomic E-state index is 0.00941. The molecule has 1 fully saturated rings. The number of carbonyl (C=O) groups excluding carboxylic acids is 2. The molecule has 28 heavy (non-hydrogen) atoms. The van der Waals surface area contributed by atoms with Gasteiger partial charge in [-0.1, -0.05) is 30.3 Å². The molecule has 1 N–H and O–H groups in total. The Morgan fingerprint density at radius 2 is 1.86 bits per heavy atom. The van der Waals surface area contributed by atoms with E-state index < -0.39 is 0 Å². The molecule has 4 rings (SSSR count). The highest BCUT2D eigenvalue weighted by Gasteiger charge is 2.37. The van der Waals surface area contributed by atoms with Crippen LogP contribution in [0.1, 0.15) is 31.4 Å². The maximum atomic E-state index is 12.7. The highest BCUT2D eigenvalue weighted by atomic mass is 16.5. The fraction of sp³-hybridized carbons (Fsp3) is 0.364. The number of nitrogens with one attached hydrogen (secondary N) is 1. The molecule has 0 saturated carbocycles. The molecule has 0 radical (unpaired) electrons. The van der Waals surface area contributed by atoms with Crippen LogP contribution in [-0.2, 0) is 9.59 Å². The summed E-state index contributed by atoms with van der Waals surface area (Å²) in [6, 6.07) is 15.2. The van der Waals surface area contributed by atoms with Crippen LogP contribution in [-0.4, -0.2) is 36.5 Å². The van der Waals surface area contributed by atoms with E-state index in [4.69, 9.17) is 9.47 Å². The Kier molecular flexibility index (Phi) is 5.19. The molecule has 0 aromatic heterocycles. The molecule has 2 aliphatic heterocycles. The summed E-state index contributed by atoms with van der Waals surface area (Å²) < 4.78 is 11.3. The molecule has 0 unspecified atom stereocenters. The van der Waals surface area contributed by atoms with Crippen molar-refractivity contribution in [3.8, 4) is 11.5 Å². The molecule has 2 heterocycles. The number of hydrogen-bond donors (Lipinski definition) is 1. The summed E-state index contributed by atoms with van der Waals surface area (Å²) in [7, 11) is 0. The molecule has 2 aromatic rings. The van der Waals surface area contributed by atoms with Crippen molar-refractivity contribution < 1.29 is 19.1 Å². The van der Waals surface area contributed by atoms with Crippen molar-refractivity contribution in [3.63, 3.8) is 0 Å². The second-order valence-electron chi connectivity index (χ2n) is 7.24. The quantitative estimate of drug-likeness (QED) is 0.883. The van der Waals surface area contributed by atoms with Crippen LogP contribution in [0.25, 0.3) is 0 Å². The van der Waals surface area contributed by atoms with Gasteiger partial charge < -0.3 is 19.7 Å². The molecule has 0 spiro atoms. The Morgan fingerprint density at radius 1 is 1.11 bits per heavy atom. The lowest BCUT2D eigenvalue weighted by Gasteiger charge is -2.25. The van der Waals surface area contributed by atoms with E-state index in [1.807, 2.05) is 37.3 Å². The van der Waals surface area contributed by atoms with Gasteiger partial charge in [0.25, 0.3) is 0 Å². The van der Waals surface area contributed by atoms with Crippen LogP contribution in [0.3, 0.4) is 0 Å². The van der Waals surface area contributed by atoms with Crippen LogP contribution in [0.15, 0.2) is 48.5 Å². The van der Waals surface area contributed by atoms with Crippen LogP contribution >= 0.6 is 0 Å². The van der Waals surface area contributed by atoms with Gasteiger partial charge in [0.2, 0.25) is 11.8 Å². The van der Waals surface area contributed by atoms with Gasteiger partial charge in [0.1, 0.15) is 0 Å². The number of nitrogens with zero attached hydrogens (tertiary/aromatic N) is 1. The predicted octanol–water partition coefficient (Wildman–Crippen LogP) is 3.40. The fourth-order valence-electron chi connectivity index (χ4n) is 3.68. The number of amides is 2. The lowest BCUT2D eigenvalue weighted by atomic mass is 10.1. The van der Waals surface area contributed by atoms with Crippen molar-refractivity contribution >= 4 is 17.5 Å². The second-order valence-corrected chi connectivity index (χ2v) is 7.24. The smallest absolute Gasteiger partial charge is 0.229 e. The zero-order chi connectivity index (χ0) is 19.5. The third-order valence-corrected chi connectivity index (χ3v) is 5.29. The van der Waals surface area contributed by atoms with Gasteiger partial charge in [0.05, 0.1) is 25.2 Å². The van der Waals surface area contributed by atoms with Crippen LogP contribution in [0.5, 0.6) is 11.5 Å². The van der Waals surface area contributed by atoms with E-state index in [1.54, 1.807) is 23.1 Å². The minimum atomic E-state index is -0.366. The predicted molar refractivity (Wildman–Crippen MR) is 105 cm³/mol. The molecule has 0 aliphatic carbocycles. The maximum Gasteiger partial charge on any atom is 0.229 e. The monoisotopic (exact) mass is 380 g/mol. The van der Waals surface area contributed by atoms with Gasteiger partial charge in [-0.2, -0.15) is 0 Å². The Morgan fingerprint density at radius 3 is 2.64 bits per heavy atom. The fourth-order valence-corrected chi connectivity index (χ4v) is 3.68. The van der Waals surface area contributed by atoms with Gasteiger partial charge in [-0.05, 0) is 24.6 Å². The summed E-state index contributed by atoms with van der Waals surface area (Å²) in [4.78, 5) is 27.0. The van der Waals surface area contributed by atoms with Gasteiger partial charge >= 0.3 is 0 Å². The van der Waals surface area contributed by atoms with E-state index in [1.165, 1.54) is 0 Å². The van der Waals surface area contributed by atoms with Crippen LogP contribution < -0.4 is 14.8 Å². The SMILES string of the molecule is C[C@H](c1ccccc1)N1C[C@@H](C(=O)Nc2ccc3c(c2)OCCCO3)CC1=O. The standard InChI is InChI=1S/C22H24N2O4/c1-15(16-6-3-2-4-7-16)24-14-17(12-21(24)25)22(26)23-18-8-9-19-20(13-18)28-11-5-10-27-19/h2-4,6-9,13,15,17H,5,10-12,14H2,1H3,(H,23,26)/t15-,17+/m1/s1. The highest BCUT2D eigenvalue weighted by molar-refractivity contribution is 5.97. The summed E-state index contributed by atoms with van der Waals surface area (Å²) in [5, 5.41) is 2.92. The summed E-state index contributed by atoms with van der Waals surface area (Å²) >= 11 is 0. The van der Waals surface area contributed by atoms with E-state index in [-0.39, 0.29) is 30.2 Å². The number of benzene rings is 2. The van der Waals surface area contributed by atoms with E-state index in [0.717, 1.165) is 12.0 Å². The molecule has 1 saturated heterocycles. The number of fused-ring (bicyclic) bond motifs is 1. The Labute approximate surface area is 164 Å². The van der Waals surface area contributed by atoms with Crippen LogP contribution in [0.4, 0.5) is 5.69 Å². The minimum Gasteiger partial charge on any atom is -0.490 e. The van der Waals surface area contributed by atoms with Crippen molar-refractivity contribution in [1.82, 2.24) is 4.90 Å². The Balaban J connectivity index is 1.42. The first-order valence-electron chi connectivity index (χ1n) is 9.67. The van der Waals surface area contributed by atoms with Gasteiger partial charge in [0.15, 0.2) is 11.5 Å². The van der Waals surface area contributed by atoms with Crippen molar-refractivity contribution in [2.24, 2.45) is 5.92 Å². The number of anilines is 1. The number of ether oxygens (including phenoxy) is 2. The van der Waals surface area contributed by atoms with E-state index in [0.29, 0.717) is 36.9 Å². The summed E-state index contributed by atoms with van der Waals surface area (Å²) in [6.45, 7) is 3.63. The van der Waals surface area contributed by atoms with Crippen molar-refractivity contribution in [2.45, 2.75) is 25.8 Å². The maximum absolute atomic E-state index is 12.7. The van der Waals surface area contributed by atoms with E-state index in [9.17, 15) is 9.59 Å². The average Bonchev–Trinajstić information content (AvgIpc) is 2.95. The van der Waals surface area contributed by atoms with E-state index >= 15 is 0 Å². The van der Waals surface area contributed by atoms with Gasteiger partial charge in [0, 0.05) is 31.1 Å². The normalized spacial score (nSPS) is 19.8. The third-order valence-electron chi connectivity index (χ3n) is 5.29. The highest BCUT2D eigenvalue weighted by Crippen LogP contribution is 2.33. The molecule has 146 valence electrons. The number of rotatable bonds is 4. The van der Waals surface area contributed by atoms with E-state index in [2.05, 4.69) is 5.32 Å². The Hall–Kier alpha value is -3.02. The van der Waals surface area contributed by atoms with Crippen LogP contribution in [0, 0.1) is 5.92 Å². The molecule has 2 aliphatic rings. The molecular weight excluding hydrogens is 356 g/mol. The summed E-state index contributed by atoms with van der Waals surface area (Å²) in [6.07, 6.45) is 1.06. The first-order chi connectivity index (χ1) is 13.6. The molecule has 2 aromatic carbocycles. The van der Waals surface area contributed by atoms with Gasteiger partial charge in [-0.25, -0.2) is 0 Å². The zero-order valence-corrected chi connectivity index (χ0v) is 15.9. The number of hydrogen-bond acceptors (Lipinski definition) is 4. The lowest BCUT2D eigenvalue weighted by Crippen LogP contribution is -2.30. The van der Waals surface area contributed by atoms with Gasteiger partial charge in [-0.15, -0.1) is 0 Å². The zero-order valence-electron chi connectivity index (χ0n) is 15.9. The van der Waals surface area contributed by atoms with Gasteiger partial charge in [-0.3, -0.25) is 9.59 Å². The van der Waals surface area contributed by atoms with Crippen molar-refractivity contribution in [1.29, 1.82) is 0 Å².